The number of primary amides is 1. The molecule has 0 aliphatic carbocycles. The van der Waals surface area contributed by atoms with Gasteiger partial charge in [0.15, 0.2) is 6.04 Å². The second-order valence-electron chi connectivity index (χ2n) is 6.34. The van der Waals surface area contributed by atoms with Crippen LogP contribution in [0.2, 0.25) is 0 Å². The monoisotopic (exact) mass is 410 g/mol. The lowest BCUT2D eigenvalue weighted by Crippen LogP contribution is -2.52. The number of anilines is 1. The SMILES string of the molecule is CC#CC(C(=O)O)N(CC(N)=O)C(=O)CN(C(=O)CN)c1ccc2ccccc2c1. The lowest BCUT2D eigenvalue weighted by Gasteiger charge is -2.28. The summed E-state index contributed by atoms with van der Waals surface area (Å²) in [6.07, 6.45) is 0. The van der Waals surface area contributed by atoms with Gasteiger partial charge in [-0.15, -0.1) is 5.92 Å². The largest absolute Gasteiger partial charge is 0.479 e. The third kappa shape index (κ3) is 5.33. The van der Waals surface area contributed by atoms with Gasteiger partial charge in [0.2, 0.25) is 17.7 Å². The van der Waals surface area contributed by atoms with Crippen LogP contribution in [0.25, 0.3) is 10.8 Å². The molecule has 2 aromatic rings. The van der Waals surface area contributed by atoms with Crippen molar-refractivity contribution in [1.29, 1.82) is 0 Å². The van der Waals surface area contributed by atoms with E-state index in [1.807, 2.05) is 24.3 Å². The fraction of sp³-hybridized carbons (Fsp3) is 0.238. The fourth-order valence-corrected chi connectivity index (χ4v) is 2.91. The second-order valence-corrected chi connectivity index (χ2v) is 6.34. The number of fused-ring (bicyclic) bond motifs is 1. The highest BCUT2D eigenvalue weighted by Crippen LogP contribution is 2.22. The molecule has 3 amide bonds. The van der Waals surface area contributed by atoms with E-state index in [0.29, 0.717) is 5.69 Å². The van der Waals surface area contributed by atoms with Crippen LogP contribution in [-0.4, -0.2) is 59.4 Å². The molecule has 156 valence electrons. The molecule has 9 heteroatoms. The number of carboxylic acid groups (broad SMARTS) is 1. The van der Waals surface area contributed by atoms with Gasteiger partial charge >= 0.3 is 5.97 Å². The van der Waals surface area contributed by atoms with Gasteiger partial charge < -0.3 is 26.4 Å². The number of carbonyl (C=O) groups excluding carboxylic acids is 3. The van der Waals surface area contributed by atoms with Crippen LogP contribution < -0.4 is 16.4 Å². The molecule has 0 aliphatic heterocycles. The molecule has 1 atom stereocenters. The van der Waals surface area contributed by atoms with Crippen LogP contribution in [0.15, 0.2) is 42.5 Å². The Balaban J connectivity index is 2.41. The van der Waals surface area contributed by atoms with Crippen LogP contribution in [0.4, 0.5) is 5.69 Å². The van der Waals surface area contributed by atoms with E-state index in [1.165, 1.54) is 6.92 Å². The van der Waals surface area contributed by atoms with E-state index in [2.05, 4.69) is 11.8 Å². The van der Waals surface area contributed by atoms with Crippen LogP contribution in [0.5, 0.6) is 0 Å². The quantitative estimate of drug-likeness (QED) is 0.519. The Hall–Kier alpha value is -3.90. The van der Waals surface area contributed by atoms with Crippen molar-refractivity contribution in [2.24, 2.45) is 11.5 Å². The van der Waals surface area contributed by atoms with Crippen molar-refractivity contribution >= 4 is 40.2 Å². The highest BCUT2D eigenvalue weighted by atomic mass is 16.4. The number of rotatable bonds is 8. The molecular formula is C21H22N4O5. The van der Waals surface area contributed by atoms with Gasteiger partial charge in [0, 0.05) is 5.69 Å². The average Bonchev–Trinajstić information content (AvgIpc) is 2.73. The highest BCUT2D eigenvalue weighted by molar-refractivity contribution is 6.02. The summed E-state index contributed by atoms with van der Waals surface area (Å²) >= 11 is 0. The molecule has 0 saturated heterocycles. The molecular weight excluding hydrogens is 388 g/mol. The Labute approximate surface area is 173 Å². The van der Waals surface area contributed by atoms with Crippen molar-refractivity contribution < 1.29 is 24.3 Å². The van der Waals surface area contributed by atoms with Crippen LogP contribution in [-0.2, 0) is 19.2 Å². The third-order valence-electron chi connectivity index (χ3n) is 4.29. The van der Waals surface area contributed by atoms with Crippen LogP contribution in [0.1, 0.15) is 6.92 Å². The topological polar surface area (TPSA) is 147 Å². The zero-order chi connectivity index (χ0) is 22.3. The van der Waals surface area contributed by atoms with E-state index in [1.54, 1.807) is 18.2 Å². The Kier molecular flexibility index (Phi) is 7.50. The predicted octanol–water partition coefficient (Wildman–Crippen LogP) is -0.0781. The van der Waals surface area contributed by atoms with Crippen LogP contribution in [0.3, 0.4) is 0 Å². The molecule has 0 heterocycles. The maximum Gasteiger partial charge on any atom is 0.339 e. The van der Waals surface area contributed by atoms with Crippen molar-refractivity contribution in [3.05, 3.63) is 42.5 Å². The van der Waals surface area contributed by atoms with Gasteiger partial charge in [0.05, 0.1) is 6.54 Å². The summed E-state index contributed by atoms with van der Waals surface area (Å²) in [5.41, 5.74) is 11.1. The molecule has 0 radical (unpaired) electrons. The van der Waals surface area contributed by atoms with Gasteiger partial charge in [-0.05, 0) is 29.8 Å². The molecule has 9 nitrogen and oxygen atoms in total. The number of hydrogen-bond donors (Lipinski definition) is 3. The summed E-state index contributed by atoms with van der Waals surface area (Å²) in [6.45, 7) is -0.154. The molecule has 0 bridgehead atoms. The minimum absolute atomic E-state index is 0.368. The van der Waals surface area contributed by atoms with Crippen molar-refractivity contribution in [3.63, 3.8) is 0 Å². The van der Waals surface area contributed by atoms with Gasteiger partial charge in [0.1, 0.15) is 13.1 Å². The molecule has 0 saturated carbocycles. The normalized spacial score (nSPS) is 11.1. The van der Waals surface area contributed by atoms with Crippen molar-refractivity contribution in [2.75, 3.05) is 24.5 Å². The molecule has 30 heavy (non-hydrogen) atoms. The lowest BCUT2D eigenvalue weighted by molar-refractivity contribution is -0.148. The molecule has 0 aromatic heterocycles. The van der Waals surface area contributed by atoms with Crippen LogP contribution >= 0.6 is 0 Å². The van der Waals surface area contributed by atoms with Gasteiger partial charge in [-0.3, -0.25) is 14.4 Å². The summed E-state index contributed by atoms with van der Waals surface area (Å²) < 4.78 is 0. The minimum Gasteiger partial charge on any atom is -0.479 e. The van der Waals surface area contributed by atoms with E-state index >= 15 is 0 Å². The summed E-state index contributed by atoms with van der Waals surface area (Å²) in [4.78, 5) is 50.2. The van der Waals surface area contributed by atoms with Crippen molar-refractivity contribution in [2.45, 2.75) is 13.0 Å². The molecule has 1 unspecified atom stereocenters. The number of aliphatic carboxylic acids is 1. The number of nitrogens with zero attached hydrogens (tertiary/aromatic N) is 2. The van der Waals surface area contributed by atoms with Gasteiger partial charge in [0.25, 0.3) is 0 Å². The maximum atomic E-state index is 12.9. The van der Waals surface area contributed by atoms with Gasteiger partial charge in [-0.25, -0.2) is 4.79 Å². The van der Waals surface area contributed by atoms with E-state index in [4.69, 9.17) is 11.5 Å². The zero-order valence-corrected chi connectivity index (χ0v) is 16.4. The van der Waals surface area contributed by atoms with E-state index in [0.717, 1.165) is 20.6 Å². The Morgan fingerprint density at radius 2 is 1.70 bits per heavy atom. The summed E-state index contributed by atoms with van der Waals surface area (Å²) in [6, 6.07) is 11.0. The average molecular weight is 410 g/mol. The smallest absolute Gasteiger partial charge is 0.339 e. The molecule has 0 aliphatic rings. The van der Waals surface area contributed by atoms with E-state index in [-0.39, 0.29) is 6.54 Å². The summed E-state index contributed by atoms with van der Waals surface area (Å²) in [5, 5.41) is 11.2. The molecule has 0 fully saturated rings. The predicted molar refractivity (Wildman–Crippen MR) is 111 cm³/mol. The number of carbonyl (C=O) groups is 4. The number of carboxylic acids is 1. The van der Waals surface area contributed by atoms with Crippen LogP contribution in [0, 0.1) is 11.8 Å². The van der Waals surface area contributed by atoms with Crippen molar-refractivity contribution in [3.8, 4) is 11.8 Å². The first-order valence-electron chi connectivity index (χ1n) is 9.00. The van der Waals surface area contributed by atoms with Gasteiger partial charge in [-0.2, -0.15) is 0 Å². The minimum atomic E-state index is -1.58. The first-order valence-corrected chi connectivity index (χ1v) is 9.00. The maximum absolute atomic E-state index is 12.9. The first-order chi connectivity index (χ1) is 14.3. The number of amides is 3. The van der Waals surface area contributed by atoms with E-state index in [9.17, 15) is 24.3 Å². The van der Waals surface area contributed by atoms with Crippen molar-refractivity contribution in [1.82, 2.24) is 4.90 Å². The molecule has 2 aromatic carbocycles. The van der Waals surface area contributed by atoms with Gasteiger partial charge in [-0.1, -0.05) is 36.3 Å². The zero-order valence-electron chi connectivity index (χ0n) is 16.4. The number of hydrogen-bond acceptors (Lipinski definition) is 5. The Morgan fingerprint density at radius 3 is 2.27 bits per heavy atom. The first kappa shape index (κ1) is 22.4. The lowest BCUT2D eigenvalue weighted by atomic mass is 10.1. The fourth-order valence-electron chi connectivity index (χ4n) is 2.91. The number of nitrogens with two attached hydrogens (primary N) is 2. The Bertz CT molecular complexity index is 1040. The highest BCUT2D eigenvalue weighted by Gasteiger charge is 2.31. The number of benzene rings is 2. The van der Waals surface area contributed by atoms with E-state index < -0.39 is 42.8 Å². The molecule has 5 N–H and O–H groups in total. The Morgan fingerprint density at radius 1 is 1.03 bits per heavy atom. The third-order valence-corrected chi connectivity index (χ3v) is 4.29. The molecule has 2 rings (SSSR count). The summed E-state index contributed by atoms with van der Waals surface area (Å²) in [5.74, 6) is 1.11. The standard InChI is InChI=1S/C21H22N4O5/c1-2-5-17(21(29)30)25(12-18(23)26)20(28)13-24(19(27)11-22)16-9-8-14-6-3-4-7-15(14)10-16/h3-4,6-10,17H,11-13,22H2,1H3,(H2,23,26)(H,29,30). The second kappa shape index (κ2) is 10.0. The molecule has 0 spiro atoms. The summed E-state index contributed by atoms with van der Waals surface area (Å²) in [7, 11) is 0.